The molecule has 0 saturated carbocycles. The van der Waals surface area contributed by atoms with Crippen LogP contribution in [0.2, 0.25) is 0 Å². The summed E-state index contributed by atoms with van der Waals surface area (Å²) in [6.07, 6.45) is -1.31. The lowest BCUT2D eigenvalue weighted by Crippen LogP contribution is -2.33. The van der Waals surface area contributed by atoms with E-state index in [1.807, 2.05) is 26.8 Å². The molecule has 0 aliphatic carbocycles. The Hall–Kier alpha value is -3.40. The van der Waals surface area contributed by atoms with Gasteiger partial charge in [-0.1, -0.05) is 0 Å². The van der Waals surface area contributed by atoms with Crippen LogP contribution in [0, 0.1) is 0 Å². The van der Waals surface area contributed by atoms with Crippen molar-refractivity contribution in [3.05, 3.63) is 36.4 Å². The van der Waals surface area contributed by atoms with Gasteiger partial charge in [0.15, 0.2) is 6.10 Å². The first-order chi connectivity index (χ1) is 14.6. The van der Waals surface area contributed by atoms with E-state index in [2.05, 4.69) is 20.8 Å². The van der Waals surface area contributed by atoms with E-state index in [0.29, 0.717) is 36.8 Å². The van der Waals surface area contributed by atoms with Gasteiger partial charge in [0.2, 0.25) is 0 Å². The molecule has 4 N–H and O–H groups in total. The molecule has 1 heterocycles. The maximum atomic E-state index is 11.6. The molecule has 0 fully saturated rings. The van der Waals surface area contributed by atoms with E-state index in [-0.39, 0.29) is 6.61 Å². The Balaban J connectivity index is 1.75. The Bertz CT molecular complexity index is 850. The summed E-state index contributed by atoms with van der Waals surface area (Å²) in [6.45, 7) is 6.19. The number of carboxylic acids is 1. The first-order valence-electron chi connectivity index (χ1n) is 9.82. The Kier molecular flexibility index (Phi) is 8.56. The van der Waals surface area contributed by atoms with E-state index in [0.717, 1.165) is 5.56 Å². The molecule has 0 saturated heterocycles. The lowest BCUT2D eigenvalue weighted by molar-refractivity contribution is -0.148. The average molecular weight is 432 g/mol. The molecule has 31 heavy (non-hydrogen) atoms. The summed E-state index contributed by atoms with van der Waals surface area (Å²) >= 11 is 0. The van der Waals surface area contributed by atoms with Crippen molar-refractivity contribution in [2.24, 2.45) is 0 Å². The number of hydrogen-bond acceptors (Lipinski definition) is 8. The summed E-state index contributed by atoms with van der Waals surface area (Å²) < 4.78 is 10.4. The monoisotopic (exact) mass is 432 g/mol. The number of nitrogens with one attached hydrogen (secondary N) is 2. The van der Waals surface area contributed by atoms with Crippen molar-refractivity contribution in [1.82, 2.24) is 15.5 Å². The largest absolute Gasteiger partial charge is 0.490 e. The van der Waals surface area contributed by atoms with Gasteiger partial charge in [-0.3, -0.25) is 0 Å². The van der Waals surface area contributed by atoms with Crippen LogP contribution in [0.3, 0.4) is 0 Å². The Morgan fingerprint density at radius 1 is 1.06 bits per heavy atom. The maximum absolute atomic E-state index is 11.6. The van der Waals surface area contributed by atoms with Crippen LogP contribution in [-0.4, -0.2) is 63.9 Å². The van der Waals surface area contributed by atoms with Crippen molar-refractivity contribution >= 4 is 17.9 Å². The van der Waals surface area contributed by atoms with Crippen LogP contribution in [0.4, 0.5) is 10.6 Å². The molecule has 168 valence electrons. The number of carboxylic acid groups (broad SMARTS) is 1. The van der Waals surface area contributed by atoms with E-state index in [1.54, 1.807) is 30.3 Å². The number of aromatic nitrogens is 2. The molecule has 1 aromatic carbocycles. The van der Waals surface area contributed by atoms with Crippen LogP contribution >= 0.6 is 0 Å². The third-order valence-electron chi connectivity index (χ3n) is 3.84. The van der Waals surface area contributed by atoms with Gasteiger partial charge in [0.25, 0.3) is 0 Å². The number of hydrogen-bond donors (Lipinski definition) is 4. The van der Waals surface area contributed by atoms with E-state index in [1.165, 1.54) is 0 Å². The maximum Gasteiger partial charge on any atom is 0.407 e. The minimum Gasteiger partial charge on any atom is -0.490 e. The first kappa shape index (κ1) is 23.9. The van der Waals surface area contributed by atoms with Crippen LogP contribution < -0.4 is 15.4 Å². The summed E-state index contributed by atoms with van der Waals surface area (Å²) in [6, 6.07) is 10.5. The van der Waals surface area contributed by atoms with Gasteiger partial charge in [-0.15, -0.1) is 10.2 Å². The fourth-order valence-corrected chi connectivity index (χ4v) is 2.36. The summed E-state index contributed by atoms with van der Waals surface area (Å²) in [5.41, 5.74) is 0.955. The predicted molar refractivity (Wildman–Crippen MR) is 114 cm³/mol. The summed E-state index contributed by atoms with van der Waals surface area (Å²) in [5.74, 6) is -0.279. The number of anilines is 1. The Morgan fingerprint density at radius 2 is 1.77 bits per heavy atom. The number of ether oxygens (including phenoxy) is 2. The van der Waals surface area contributed by atoms with Crippen molar-refractivity contribution < 1.29 is 29.3 Å². The molecular weight excluding hydrogens is 404 g/mol. The second-order valence-electron chi connectivity index (χ2n) is 7.70. The SMILES string of the molecule is CC(C)(C)OC(=O)NCCCNc1ccc(-c2ccc(OCC(O)C(=O)O)cc2)nn1. The fraction of sp³-hybridized carbons (Fsp3) is 0.429. The Labute approximate surface area is 180 Å². The van der Waals surface area contributed by atoms with E-state index >= 15 is 0 Å². The molecule has 0 radical (unpaired) electrons. The van der Waals surface area contributed by atoms with Crippen molar-refractivity contribution in [2.75, 3.05) is 25.0 Å². The molecule has 10 nitrogen and oxygen atoms in total. The number of benzene rings is 1. The minimum atomic E-state index is -1.57. The van der Waals surface area contributed by atoms with Crippen LogP contribution in [0.1, 0.15) is 27.2 Å². The zero-order valence-electron chi connectivity index (χ0n) is 17.8. The van der Waals surface area contributed by atoms with Gasteiger partial charge >= 0.3 is 12.1 Å². The number of rotatable bonds is 10. The number of alkyl carbamates (subject to hydrolysis) is 1. The van der Waals surface area contributed by atoms with Gasteiger partial charge in [0.1, 0.15) is 23.8 Å². The highest BCUT2D eigenvalue weighted by atomic mass is 16.6. The summed E-state index contributed by atoms with van der Waals surface area (Å²) in [4.78, 5) is 22.1. The quantitative estimate of drug-likeness (QED) is 0.416. The second-order valence-corrected chi connectivity index (χ2v) is 7.70. The fourth-order valence-electron chi connectivity index (χ4n) is 2.36. The highest BCUT2D eigenvalue weighted by molar-refractivity contribution is 5.72. The van der Waals surface area contributed by atoms with Gasteiger partial charge in [-0.25, -0.2) is 9.59 Å². The van der Waals surface area contributed by atoms with Gasteiger partial charge in [0, 0.05) is 18.7 Å². The average Bonchev–Trinajstić information content (AvgIpc) is 2.71. The van der Waals surface area contributed by atoms with E-state index in [9.17, 15) is 14.7 Å². The molecule has 0 aliphatic heterocycles. The Morgan fingerprint density at radius 3 is 2.35 bits per heavy atom. The highest BCUT2D eigenvalue weighted by Gasteiger charge is 2.15. The number of nitrogens with zero attached hydrogens (tertiary/aromatic N) is 2. The third kappa shape index (κ3) is 8.87. The summed E-state index contributed by atoms with van der Waals surface area (Å²) in [5, 5.41) is 32.0. The van der Waals surface area contributed by atoms with Crippen LogP contribution in [0.25, 0.3) is 11.3 Å². The number of carbonyl (C=O) groups is 2. The van der Waals surface area contributed by atoms with Crippen molar-refractivity contribution in [3.63, 3.8) is 0 Å². The zero-order chi connectivity index (χ0) is 22.9. The van der Waals surface area contributed by atoms with E-state index < -0.39 is 23.8 Å². The normalized spacial score (nSPS) is 12.0. The van der Waals surface area contributed by atoms with Gasteiger partial charge < -0.3 is 30.3 Å². The molecular formula is C21H28N4O6. The van der Waals surface area contributed by atoms with Gasteiger partial charge in [0.05, 0.1) is 5.69 Å². The number of amides is 1. The molecule has 2 rings (SSSR count). The van der Waals surface area contributed by atoms with Gasteiger partial charge in [-0.05, 0) is 63.6 Å². The third-order valence-corrected chi connectivity index (χ3v) is 3.84. The van der Waals surface area contributed by atoms with Crippen LogP contribution in [-0.2, 0) is 9.53 Å². The molecule has 10 heteroatoms. The smallest absolute Gasteiger partial charge is 0.407 e. The molecule has 1 aromatic heterocycles. The molecule has 0 bridgehead atoms. The van der Waals surface area contributed by atoms with E-state index in [4.69, 9.17) is 14.6 Å². The van der Waals surface area contributed by atoms with Crippen molar-refractivity contribution in [3.8, 4) is 17.0 Å². The van der Waals surface area contributed by atoms with Crippen LogP contribution in [0.5, 0.6) is 5.75 Å². The molecule has 0 aliphatic rings. The number of aliphatic hydroxyl groups is 1. The standard InChI is InChI=1S/C21H28N4O6/c1-21(2,3)31-20(29)23-12-4-11-22-18-10-9-16(24-25-18)14-5-7-15(8-6-14)30-13-17(26)19(27)28/h5-10,17,26H,4,11-13H2,1-3H3,(H,22,25)(H,23,29)(H,27,28). The molecule has 0 spiro atoms. The lowest BCUT2D eigenvalue weighted by Gasteiger charge is -2.19. The second kappa shape index (κ2) is 11.1. The number of aliphatic carboxylic acids is 1. The molecule has 1 unspecified atom stereocenters. The molecule has 1 amide bonds. The zero-order valence-corrected chi connectivity index (χ0v) is 17.8. The topological polar surface area (TPSA) is 143 Å². The molecule has 2 aromatic rings. The van der Waals surface area contributed by atoms with Crippen molar-refractivity contribution in [1.29, 1.82) is 0 Å². The predicted octanol–water partition coefficient (Wildman–Crippen LogP) is 2.29. The number of carbonyl (C=O) groups excluding carboxylic acids is 1. The summed E-state index contributed by atoms with van der Waals surface area (Å²) in [7, 11) is 0. The van der Waals surface area contributed by atoms with Crippen LogP contribution in [0.15, 0.2) is 36.4 Å². The van der Waals surface area contributed by atoms with Gasteiger partial charge in [-0.2, -0.15) is 0 Å². The van der Waals surface area contributed by atoms with Crippen molar-refractivity contribution in [2.45, 2.75) is 38.9 Å². The lowest BCUT2D eigenvalue weighted by atomic mass is 10.1. The number of aliphatic hydroxyl groups excluding tert-OH is 1. The minimum absolute atomic E-state index is 0.331. The highest BCUT2D eigenvalue weighted by Crippen LogP contribution is 2.21. The molecule has 1 atom stereocenters. The first-order valence-corrected chi connectivity index (χ1v) is 9.82.